The molecule has 90 valence electrons. The van der Waals surface area contributed by atoms with Crippen molar-refractivity contribution in [2.24, 2.45) is 0 Å². The van der Waals surface area contributed by atoms with E-state index in [1.807, 2.05) is 0 Å². The second-order valence-corrected chi connectivity index (χ2v) is 3.20. The zero-order chi connectivity index (χ0) is 12.7. The second kappa shape index (κ2) is 4.21. The Labute approximate surface area is 94.5 Å². The minimum absolute atomic E-state index is 1.38. The molecule has 0 fully saturated rings. The third-order valence-electron chi connectivity index (χ3n) is 1.39. The summed E-state index contributed by atoms with van der Waals surface area (Å²) in [6.45, 7) is 0. The minimum atomic E-state index is -5.35. The summed E-state index contributed by atoms with van der Waals surface area (Å²) in [5.41, 5.74) is 0. The van der Waals surface area contributed by atoms with Gasteiger partial charge in [0.25, 0.3) is 0 Å². The van der Waals surface area contributed by atoms with E-state index in [0.717, 1.165) is 0 Å². The summed E-state index contributed by atoms with van der Waals surface area (Å²) in [7, 11) is 0. The molecule has 0 amide bonds. The van der Waals surface area contributed by atoms with E-state index in [2.05, 4.69) is 4.74 Å². The zero-order valence-corrected chi connectivity index (χ0v) is 8.44. The normalized spacial score (nSPS) is 11.8. The number of halogens is 8. The molecule has 0 heterocycles. The summed E-state index contributed by atoms with van der Waals surface area (Å²) in [5, 5.41) is -2.77. The van der Waals surface area contributed by atoms with Gasteiger partial charge in [-0.05, 0) is 0 Å². The fraction of sp³-hybridized carbons (Fsp3) is 0.143. The second-order valence-electron chi connectivity index (χ2n) is 2.45. The Kier molecular flexibility index (Phi) is 3.49. The van der Waals surface area contributed by atoms with Crippen LogP contribution in [0.3, 0.4) is 0 Å². The molecule has 0 N–H and O–H groups in total. The highest BCUT2D eigenvalue weighted by Gasteiger charge is 2.36. The van der Waals surface area contributed by atoms with Gasteiger partial charge in [0.15, 0.2) is 17.5 Å². The molecule has 0 spiro atoms. The Morgan fingerprint density at radius 2 is 1.19 bits per heavy atom. The molecule has 1 aromatic rings. The van der Waals surface area contributed by atoms with E-state index in [4.69, 9.17) is 23.2 Å². The maximum absolute atomic E-state index is 12.9. The highest BCUT2D eigenvalue weighted by molar-refractivity contribution is 6.35. The number of hydrogen-bond donors (Lipinski definition) is 0. The SMILES string of the molecule is Fc1c(Cl)c(F)c(OC(F)(F)F)c(F)c1Cl. The number of ether oxygens (including phenoxy) is 1. The van der Waals surface area contributed by atoms with E-state index in [0.29, 0.717) is 0 Å². The van der Waals surface area contributed by atoms with Gasteiger partial charge in [-0.25, -0.2) is 13.2 Å². The van der Waals surface area contributed by atoms with Crippen LogP contribution in [-0.4, -0.2) is 6.36 Å². The van der Waals surface area contributed by atoms with Crippen molar-refractivity contribution >= 4 is 23.2 Å². The molecular formula is C7Cl2F6O. The average Bonchev–Trinajstić information content (AvgIpc) is 2.17. The maximum Gasteiger partial charge on any atom is 0.573 e. The number of alkyl halides is 3. The van der Waals surface area contributed by atoms with Gasteiger partial charge in [-0.1, -0.05) is 23.2 Å². The molecule has 0 bridgehead atoms. The quantitative estimate of drug-likeness (QED) is 0.424. The maximum atomic E-state index is 12.9. The first-order valence-electron chi connectivity index (χ1n) is 3.42. The van der Waals surface area contributed by atoms with Crippen LogP contribution in [0.4, 0.5) is 26.3 Å². The van der Waals surface area contributed by atoms with Crippen LogP contribution in [-0.2, 0) is 0 Å². The van der Waals surface area contributed by atoms with Gasteiger partial charge in [0, 0.05) is 0 Å². The zero-order valence-electron chi connectivity index (χ0n) is 6.93. The molecule has 0 aliphatic heterocycles. The van der Waals surface area contributed by atoms with Crippen LogP contribution in [0.1, 0.15) is 0 Å². The lowest BCUT2D eigenvalue weighted by molar-refractivity contribution is -0.276. The van der Waals surface area contributed by atoms with Crippen molar-refractivity contribution in [3.63, 3.8) is 0 Å². The van der Waals surface area contributed by atoms with Crippen LogP contribution in [0, 0.1) is 17.5 Å². The third-order valence-corrected chi connectivity index (χ3v) is 2.05. The van der Waals surface area contributed by atoms with Gasteiger partial charge in [-0.15, -0.1) is 13.2 Å². The van der Waals surface area contributed by atoms with Gasteiger partial charge in [-0.3, -0.25) is 0 Å². The molecule has 1 nitrogen and oxygen atoms in total. The lowest BCUT2D eigenvalue weighted by Crippen LogP contribution is -2.19. The summed E-state index contributed by atoms with van der Waals surface area (Å²) in [6.07, 6.45) is -5.35. The first-order chi connectivity index (χ1) is 7.15. The molecule has 0 aromatic heterocycles. The predicted octanol–water partition coefficient (Wildman–Crippen LogP) is 4.31. The number of benzene rings is 1. The van der Waals surface area contributed by atoms with Gasteiger partial charge in [-0.2, -0.15) is 0 Å². The van der Waals surface area contributed by atoms with Gasteiger partial charge >= 0.3 is 6.36 Å². The molecule has 0 atom stereocenters. The minimum Gasteiger partial charge on any atom is -0.399 e. The smallest absolute Gasteiger partial charge is 0.399 e. The van der Waals surface area contributed by atoms with Crippen molar-refractivity contribution in [3.05, 3.63) is 27.5 Å². The van der Waals surface area contributed by atoms with Crippen LogP contribution in [0.25, 0.3) is 0 Å². The summed E-state index contributed by atoms with van der Waals surface area (Å²) in [4.78, 5) is 0. The van der Waals surface area contributed by atoms with Crippen molar-refractivity contribution in [3.8, 4) is 5.75 Å². The van der Waals surface area contributed by atoms with Crippen molar-refractivity contribution < 1.29 is 31.1 Å². The first kappa shape index (κ1) is 13.2. The van der Waals surface area contributed by atoms with Gasteiger partial charge in [0.2, 0.25) is 5.75 Å². The Morgan fingerprint density at radius 1 is 0.812 bits per heavy atom. The molecule has 0 aliphatic carbocycles. The first-order valence-corrected chi connectivity index (χ1v) is 4.18. The van der Waals surface area contributed by atoms with Crippen LogP contribution >= 0.6 is 23.2 Å². The third kappa shape index (κ3) is 2.46. The van der Waals surface area contributed by atoms with E-state index in [1.54, 1.807) is 0 Å². The Balaban J connectivity index is 3.40. The van der Waals surface area contributed by atoms with Crippen molar-refractivity contribution in [1.29, 1.82) is 0 Å². The Morgan fingerprint density at radius 3 is 1.50 bits per heavy atom. The van der Waals surface area contributed by atoms with Gasteiger partial charge in [0.1, 0.15) is 10.0 Å². The molecule has 0 saturated heterocycles. The molecule has 16 heavy (non-hydrogen) atoms. The standard InChI is InChI=1S/C7Cl2F6O/c8-1-3(10)2(9)5(12)6(4(1)11)16-7(13,14)15. The van der Waals surface area contributed by atoms with Crippen molar-refractivity contribution in [2.45, 2.75) is 6.36 Å². The molecule has 1 aromatic carbocycles. The van der Waals surface area contributed by atoms with Crippen LogP contribution < -0.4 is 4.74 Å². The fourth-order valence-corrected chi connectivity index (χ4v) is 1.20. The van der Waals surface area contributed by atoms with E-state index in [9.17, 15) is 26.3 Å². The molecule has 0 aliphatic rings. The van der Waals surface area contributed by atoms with Gasteiger partial charge in [0.05, 0.1) is 0 Å². The van der Waals surface area contributed by atoms with E-state index in [1.165, 1.54) is 0 Å². The highest BCUT2D eigenvalue weighted by Crippen LogP contribution is 2.38. The fourth-order valence-electron chi connectivity index (χ4n) is 0.790. The summed E-state index contributed by atoms with van der Waals surface area (Å²) in [6, 6.07) is 0. The van der Waals surface area contributed by atoms with E-state index >= 15 is 0 Å². The lowest BCUT2D eigenvalue weighted by atomic mass is 10.3. The van der Waals surface area contributed by atoms with E-state index < -0.39 is 39.6 Å². The predicted molar refractivity (Wildman–Crippen MR) is 43.0 cm³/mol. The van der Waals surface area contributed by atoms with Crippen molar-refractivity contribution in [1.82, 2.24) is 0 Å². The molecule has 0 saturated carbocycles. The summed E-state index contributed by atoms with van der Waals surface area (Å²) < 4.78 is 76.8. The number of rotatable bonds is 1. The van der Waals surface area contributed by atoms with Crippen molar-refractivity contribution in [2.75, 3.05) is 0 Å². The van der Waals surface area contributed by atoms with Crippen LogP contribution in [0.5, 0.6) is 5.75 Å². The average molecular weight is 285 g/mol. The highest BCUT2D eigenvalue weighted by atomic mass is 35.5. The Bertz CT molecular complexity index is 401. The summed E-state index contributed by atoms with van der Waals surface area (Å²) in [5.74, 6) is -7.63. The Hall–Kier alpha value is -0.820. The summed E-state index contributed by atoms with van der Waals surface area (Å²) >= 11 is 9.88. The molecule has 0 unspecified atom stereocenters. The topological polar surface area (TPSA) is 9.23 Å². The molecule has 0 radical (unpaired) electrons. The monoisotopic (exact) mass is 284 g/mol. The largest absolute Gasteiger partial charge is 0.573 e. The van der Waals surface area contributed by atoms with Crippen LogP contribution in [0.2, 0.25) is 10.0 Å². The molecule has 9 heteroatoms. The van der Waals surface area contributed by atoms with Gasteiger partial charge < -0.3 is 4.74 Å². The molecular weight excluding hydrogens is 285 g/mol. The van der Waals surface area contributed by atoms with Crippen LogP contribution in [0.15, 0.2) is 0 Å². The lowest BCUT2D eigenvalue weighted by Gasteiger charge is -2.12. The van der Waals surface area contributed by atoms with E-state index in [-0.39, 0.29) is 0 Å². The number of hydrogen-bond acceptors (Lipinski definition) is 1. The molecule has 1 rings (SSSR count).